The fraction of sp³-hybridized carbons (Fsp3) is 0.640. The summed E-state index contributed by atoms with van der Waals surface area (Å²) in [4.78, 5) is 44.4. The van der Waals surface area contributed by atoms with E-state index in [1.165, 1.54) is 25.7 Å². The molecule has 0 aromatic heterocycles. The molecule has 0 spiro atoms. The maximum absolute atomic E-state index is 13.4. The first kappa shape index (κ1) is 21.3. The molecule has 1 aromatic rings. The van der Waals surface area contributed by atoms with E-state index in [0.717, 1.165) is 55.5 Å². The number of piperazine rings is 1. The van der Waals surface area contributed by atoms with Gasteiger partial charge in [-0.25, -0.2) is 0 Å². The van der Waals surface area contributed by atoms with Gasteiger partial charge in [0.25, 0.3) is 5.91 Å². The smallest absolute Gasteiger partial charge is 0.255 e. The van der Waals surface area contributed by atoms with E-state index < -0.39 is 6.04 Å². The zero-order valence-corrected chi connectivity index (χ0v) is 19.1. The number of fused-ring (bicyclic) bond motifs is 3. The fourth-order valence-electron chi connectivity index (χ4n) is 6.92. The average Bonchev–Trinajstić information content (AvgIpc) is 3.28. The molecule has 1 aromatic carbocycles. The van der Waals surface area contributed by atoms with Gasteiger partial charge in [0.2, 0.25) is 11.8 Å². The van der Waals surface area contributed by atoms with E-state index in [2.05, 4.69) is 26.5 Å². The molecular formula is C25H33N5O3. The summed E-state index contributed by atoms with van der Waals surface area (Å²) in [5, 5.41) is 5.88. The van der Waals surface area contributed by atoms with E-state index in [1.807, 2.05) is 12.1 Å². The Kier molecular flexibility index (Phi) is 5.47. The summed E-state index contributed by atoms with van der Waals surface area (Å²) in [6.45, 7) is 5.62. The number of likely N-dealkylation sites (tertiary alicyclic amines) is 1. The summed E-state index contributed by atoms with van der Waals surface area (Å²) in [6.07, 6.45) is 5.75. The van der Waals surface area contributed by atoms with Crippen molar-refractivity contribution in [3.8, 4) is 0 Å². The molecule has 176 valence electrons. The van der Waals surface area contributed by atoms with Crippen LogP contribution in [0.15, 0.2) is 18.2 Å². The lowest BCUT2D eigenvalue weighted by atomic mass is 9.99. The second kappa shape index (κ2) is 8.49. The Labute approximate surface area is 194 Å². The van der Waals surface area contributed by atoms with Crippen molar-refractivity contribution in [2.45, 2.75) is 75.8 Å². The third-order valence-electron chi connectivity index (χ3n) is 8.38. The van der Waals surface area contributed by atoms with E-state index in [9.17, 15) is 14.4 Å². The van der Waals surface area contributed by atoms with Crippen molar-refractivity contribution in [3.63, 3.8) is 0 Å². The van der Waals surface area contributed by atoms with Crippen LogP contribution in [0.2, 0.25) is 0 Å². The molecule has 5 aliphatic rings. The Morgan fingerprint density at radius 1 is 0.909 bits per heavy atom. The number of amides is 3. The van der Waals surface area contributed by atoms with Crippen molar-refractivity contribution in [1.82, 2.24) is 25.3 Å². The average molecular weight is 452 g/mol. The van der Waals surface area contributed by atoms with E-state index in [4.69, 9.17) is 0 Å². The number of piperidine rings is 2. The highest BCUT2D eigenvalue weighted by Gasteiger charge is 2.44. The first-order valence-electron chi connectivity index (χ1n) is 12.5. The van der Waals surface area contributed by atoms with Gasteiger partial charge in [-0.2, -0.15) is 0 Å². The van der Waals surface area contributed by atoms with Gasteiger partial charge < -0.3 is 10.2 Å². The lowest BCUT2D eigenvalue weighted by Gasteiger charge is -2.46. The number of carbonyl (C=O) groups excluding carboxylic acids is 3. The zero-order chi connectivity index (χ0) is 22.5. The molecular weight excluding hydrogens is 418 g/mol. The van der Waals surface area contributed by atoms with Crippen molar-refractivity contribution in [2.24, 2.45) is 0 Å². The van der Waals surface area contributed by atoms with Gasteiger partial charge in [-0.05, 0) is 56.3 Å². The summed E-state index contributed by atoms with van der Waals surface area (Å²) in [7, 11) is 0. The molecule has 4 saturated heterocycles. The summed E-state index contributed by atoms with van der Waals surface area (Å²) in [5.41, 5.74) is 2.84. The van der Waals surface area contributed by atoms with Crippen LogP contribution in [-0.4, -0.2) is 82.8 Å². The molecule has 5 heterocycles. The lowest BCUT2D eigenvalue weighted by Crippen LogP contribution is -2.58. The third-order valence-corrected chi connectivity index (χ3v) is 8.38. The van der Waals surface area contributed by atoms with Crippen LogP contribution in [0.25, 0.3) is 0 Å². The SMILES string of the molecule is O=C1CCC(N2Cc3cccc(CN4CC5CCC(C4)N5C4CCNCC4)c3C2=O)C(=O)N1. The van der Waals surface area contributed by atoms with E-state index in [0.29, 0.717) is 25.0 Å². The summed E-state index contributed by atoms with van der Waals surface area (Å²) >= 11 is 0. The van der Waals surface area contributed by atoms with Crippen LogP contribution < -0.4 is 10.6 Å². The van der Waals surface area contributed by atoms with Crippen LogP contribution in [0.3, 0.4) is 0 Å². The standard InChI is InChI=1S/C25H33N5O3/c31-22-7-6-21(24(32)27-22)29-13-17-3-1-2-16(23(17)25(29)33)12-28-14-19-4-5-20(15-28)30(19)18-8-10-26-11-9-18/h1-3,18-21,26H,4-15H2,(H,27,31,32). The highest BCUT2D eigenvalue weighted by molar-refractivity contribution is 6.06. The lowest BCUT2D eigenvalue weighted by molar-refractivity contribution is -0.136. The predicted molar refractivity (Wildman–Crippen MR) is 122 cm³/mol. The molecule has 0 saturated carbocycles. The molecule has 3 atom stereocenters. The molecule has 33 heavy (non-hydrogen) atoms. The second-order valence-corrected chi connectivity index (χ2v) is 10.4. The van der Waals surface area contributed by atoms with Gasteiger partial charge in [0.15, 0.2) is 0 Å². The van der Waals surface area contributed by atoms with Gasteiger partial charge in [-0.15, -0.1) is 0 Å². The minimum atomic E-state index is -0.556. The minimum Gasteiger partial charge on any atom is -0.322 e. The van der Waals surface area contributed by atoms with Crippen molar-refractivity contribution in [1.29, 1.82) is 0 Å². The van der Waals surface area contributed by atoms with Gasteiger partial charge in [0.1, 0.15) is 6.04 Å². The number of carbonyl (C=O) groups is 3. The van der Waals surface area contributed by atoms with Crippen molar-refractivity contribution in [3.05, 3.63) is 34.9 Å². The van der Waals surface area contributed by atoms with Crippen LogP contribution in [0, 0.1) is 0 Å². The number of imide groups is 1. The van der Waals surface area contributed by atoms with Gasteiger partial charge >= 0.3 is 0 Å². The molecule has 0 aliphatic carbocycles. The number of nitrogens with one attached hydrogen (secondary N) is 2. The molecule has 8 nitrogen and oxygen atoms in total. The Balaban J connectivity index is 1.17. The highest BCUT2D eigenvalue weighted by Crippen LogP contribution is 2.36. The number of nitrogens with zero attached hydrogens (tertiary/aromatic N) is 3. The van der Waals surface area contributed by atoms with Crippen LogP contribution in [0.4, 0.5) is 0 Å². The van der Waals surface area contributed by atoms with Crippen LogP contribution >= 0.6 is 0 Å². The number of hydrogen-bond acceptors (Lipinski definition) is 6. The minimum absolute atomic E-state index is 0.0635. The molecule has 6 rings (SSSR count). The van der Waals surface area contributed by atoms with E-state index >= 15 is 0 Å². The molecule has 2 N–H and O–H groups in total. The molecule has 5 aliphatic heterocycles. The summed E-state index contributed by atoms with van der Waals surface area (Å²) in [6, 6.07) is 7.52. The number of benzene rings is 1. The van der Waals surface area contributed by atoms with E-state index in [1.54, 1.807) is 4.90 Å². The number of rotatable bonds is 4. The van der Waals surface area contributed by atoms with Crippen molar-refractivity contribution < 1.29 is 14.4 Å². The maximum atomic E-state index is 13.4. The van der Waals surface area contributed by atoms with Gasteiger partial charge in [-0.1, -0.05) is 18.2 Å². The normalized spacial score (nSPS) is 31.2. The highest BCUT2D eigenvalue weighted by atomic mass is 16.2. The summed E-state index contributed by atoms with van der Waals surface area (Å²) < 4.78 is 0. The molecule has 0 radical (unpaired) electrons. The van der Waals surface area contributed by atoms with Gasteiger partial charge in [0, 0.05) is 56.3 Å². The van der Waals surface area contributed by atoms with Crippen molar-refractivity contribution in [2.75, 3.05) is 26.2 Å². The fourth-order valence-corrected chi connectivity index (χ4v) is 6.92. The Bertz CT molecular complexity index is 961. The van der Waals surface area contributed by atoms with Crippen LogP contribution in [-0.2, 0) is 22.7 Å². The third kappa shape index (κ3) is 3.78. The predicted octanol–water partition coefficient (Wildman–Crippen LogP) is 0.848. The zero-order valence-electron chi connectivity index (χ0n) is 19.1. The van der Waals surface area contributed by atoms with E-state index in [-0.39, 0.29) is 24.1 Å². The first-order valence-corrected chi connectivity index (χ1v) is 12.5. The van der Waals surface area contributed by atoms with Gasteiger partial charge in [0.05, 0.1) is 0 Å². The molecule has 8 heteroatoms. The Morgan fingerprint density at radius 2 is 1.67 bits per heavy atom. The van der Waals surface area contributed by atoms with Crippen molar-refractivity contribution >= 4 is 17.7 Å². The monoisotopic (exact) mass is 451 g/mol. The topological polar surface area (TPSA) is 85.0 Å². The number of hydrogen-bond donors (Lipinski definition) is 2. The molecule has 4 fully saturated rings. The second-order valence-electron chi connectivity index (χ2n) is 10.4. The molecule has 2 bridgehead atoms. The Hall–Kier alpha value is -2.29. The summed E-state index contributed by atoms with van der Waals surface area (Å²) in [5.74, 6) is -0.662. The quantitative estimate of drug-likeness (QED) is 0.661. The molecule has 3 unspecified atom stereocenters. The van der Waals surface area contributed by atoms with Crippen LogP contribution in [0.5, 0.6) is 0 Å². The van der Waals surface area contributed by atoms with Gasteiger partial charge in [-0.3, -0.25) is 29.5 Å². The van der Waals surface area contributed by atoms with Crippen LogP contribution in [0.1, 0.15) is 60.0 Å². The molecule has 3 amide bonds. The first-order chi connectivity index (χ1) is 16.1. The maximum Gasteiger partial charge on any atom is 0.255 e. The largest absolute Gasteiger partial charge is 0.322 e. The Morgan fingerprint density at radius 3 is 2.39 bits per heavy atom.